The lowest BCUT2D eigenvalue weighted by molar-refractivity contribution is -0.385. The van der Waals surface area contributed by atoms with Crippen LogP contribution < -0.4 is 0 Å². The van der Waals surface area contributed by atoms with Crippen LogP contribution in [0.3, 0.4) is 0 Å². The highest BCUT2D eigenvalue weighted by Crippen LogP contribution is 2.37. The summed E-state index contributed by atoms with van der Waals surface area (Å²) in [6.45, 7) is 2.08. The molecule has 2 rings (SSSR count). The summed E-state index contributed by atoms with van der Waals surface area (Å²) in [5, 5.41) is 10.4. The first-order valence-corrected chi connectivity index (χ1v) is 10.0. The third-order valence-electron chi connectivity index (χ3n) is 3.31. The molecule has 8 heteroatoms. The van der Waals surface area contributed by atoms with E-state index in [-0.39, 0.29) is 11.3 Å². The van der Waals surface area contributed by atoms with Gasteiger partial charge in [0.2, 0.25) is 0 Å². The molecule has 0 spiro atoms. The van der Waals surface area contributed by atoms with E-state index < -0.39 is 10.2 Å². The molecule has 0 bridgehead atoms. The fraction of sp³-hybridized carbons (Fsp3) is 0.133. The first kappa shape index (κ1) is 19.3. The van der Waals surface area contributed by atoms with Gasteiger partial charge in [-0.1, -0.05) is 13.0 Å². The molecule has 0 saturated heterocycles. The van der Waals surface area contributed by atoms with Gasteiger partial charge in [-0.3, -0.25) is 14.9 Å². The van der Waals surface area contributed by atoms with Crippen molar-refractivity contribution >= 4 is 90.3 Å². The zero-order valence-electron chi connectivity index (χ0n) is 11.7. The van der Waals surface area contributed by atoms with E-state index >= 15 is 0 Å². The lowest BCUT2D eigenvalue weighted by Crippen LogP contribution is -2.01. The lowest BCUT2D eigenvalue weighted by Gasteiger charge is -2.14. The van der Waals surface area contributed by atoms with Gasteiger partial charge >= 0.3 is 0 Å². The largest absolute Gasteiger partial charge is 0.282 e. The van der Waals surface area contributed by atoms with E-state index in [1.165, 1.54) is 21.3 Å². The maximum Gasteiger partial charge on any atom is 0.282 e. The molecule has 0 heterocycles. The Labute approximate surface area is 178 Å². The highest BCUT2D eigenvalue weighted by molar-refractivity contribution is 14.1. The molecule has 120 valence electrons. The fourth-order valence-corrected chi connectivity index (χ4v) is 7.14. The number of carbonyl (C=O) groups is 1. The van der Waals surface area contributed by atoms with Crippen LogP contribution in [-0.4, -0.2) is 10.2 Å². The molecule has 0 saturated carbocycles. The summed E-state index contributed by atoms with van der Waals surface area (Å²) in [6, 6.07) is 6.60. The summed E-state index contributed by atoms with van der Waals surface area (Å²) >= 11 is 12.2. The summed E-state index contributed by atoms with van der Waals surface area (Å²) < 4.78 is 3.25. The second kappa shape index (κ2) is 7.91. The number of nitro groups is 1. The highest BCUT2D eigenvalue weighted by atomic mass is 127. The zero-order chi connectivity index (χ0) is 17.3. The number of carbonyl (C=O) groups excluding carboxylic acids is 1. The van der Waals surface area contributed by atoms with Gasteiger partial charge in [-0.05, 0) is 109 Å². The Morgan fingerprint density at radius 1 is 1.22 bits per heavy atom. The summed E-state index contributed by atoms with van der Waals surface area (Å²) in [6.07, 6.45) is 0.876. The molecule has 0 radical (unpaired) electrons. The average molecular weight is 667 g/mol. The standard InChI is InChI=1S/C15H9ClI3NO3/c1-2-8-10(17)6-11(18)13(14(8)19)7-3-4-9(15(16)21)12(5-7)20(22)23/h3-6H,2H2,1H3. The quantitative estimate of drug-likeness (QED) is 0.174. The van der Waals surface area contributed by atoms with Gasteiger partial charge in [-0.15, -0.1) is 0 Å². The maximum absolute atomic E-state index is 11.4. The van der Waals surface area contributed by atoms with Crippen molar-refractivity contribution in [3.63, 3.8) is 0 Å². The van der Waals surface area contributed by atoms with Gasteiger partial charge in [-0.2, -0.15) is 0 Å². The van der Waals surface area contributed by atoms with Crippen molar-refractivity contribution in [1.29, 1.82) is 0 Å². The first-order valence-electron chi connectivity index (χ1n) is 6.42. The van der Waals surface area contributed by atoms with Crippen LogP contribution in [-0.2, 0) is 6.42 Å². The van der Waals surface area contributed by atoms with Gasteiger partial charge in [0.05, 0.1) is 4.92 Å². The van der Waals surface area contributed by atoms with Crippen LogP contribution in [0, 0.1) is 20.8 Å². The molecule has 0 unspecified atom stereocenters. The van der Waals surface area contributed by atoms with Crippen LogP contribution >= 0.6 is 79.4 Å². The molecule has 0 fully saturated rings. The highest BCUT2D eigenvalue weighted by Gasteiger charge is 2.22. The molecule has 0 amide bonds. The van der Waals surface area contributed by atoms with Crippen molar-refractivity contribution in [2.24, 2.45) is 0 Å². The van der Waals surface area contributed by atoms with Crippen molar-refractivity contribution in [2.45, 2.75) is 13.3 Å². The number of nitro benzene ring substituents is 1. The minimum Gasteiger partial charge on any atom is -0.275 e. The Balaban J connectivity index is 2.76. The van der Waals surface area contributed by atoms with Crippen LogP contribution in [0.15, 0.2) is 24.3 Å². The van der Waals surface area contributed by atoms with E-state index in [9.17, 15) is 14.9 Å². The van der Waals surface area contributed by atoms with E-state index in [4.69, 9.17) is 11.6 Å². The molecule has 0 atom stereocenters. The fourth-order valence-electron chi connectivity index (χ4n) is 2.22. The van der Waals surface area contributed by atoms with Crippen LogP contribution in [0.1, 0.15) is 22.8 Å². The minimum absolute atomic E-state index is 0.0911. The van der Waals surface area contributed by atoms with Gasteiger partial charge in [0.15, 0.2) is 0 Å². The van der Waals surface area contributed by atoms with Gasteiger partial charge in [-0.25, -0.2) is 0 Å². The smallest absolute Gasteiger partial charge is 0.275 e. The topological polar surface area (TPSA) is 60.2 Å². The van der Waals surface area contributed by atoms with Gasteiger partial charge in [0, 0.05) is 22.3 Å². The van der Waals surface area contributed by atoms with E-state index in [1.807, 2.05) is 0 Å². The molecule has 0 aliphatic heterocycles. The first-order chi connectivity index (χ1) is 10.8. The average Bonchev–Trinajstić information content (AvgIpc) is 2.46. The maximum atomic E-state index is 11.4. The van der Waals surface area contributed by atoms with Crippen LogP contribution in [0.25, 0.3) is 11.1 Å². The summed E-state index contributed by atoms with van der Waals surface area (Å²) in [5.41, 5.74) is 2.50. The molecular formula is C15H9ClI3NO3. The van der Waals surface area contributed by atoms with Crippen molar-refractivity contribution in [2.75, 3.05) is 0 Å². The van der Waals surface area contributed by atoms with E-state index in [0.29, 0.717) is 5.56 Å². The second-order valence-electron chi connectivity index (χ2n) is 4.62. The number of rotatable bonds is 4. The van der Waals surface area contributed by atoms with E-state index in [1.54, 1.807) is 6.07 Å². The molecular weight excluding hydrogens is 658 g/mol. The zero-order valence-corrected chi connectivity index (χ0v) is 18.9. The van der Waals surface area contributed by atoms with Crippen molar-refractivity contribution in [3.8, 4) is 11.1 Å². The van der Waals surface area contributed by atoms with Crippen LogP contribution in [0.2, 0.25) is 0 Å². The summed E-state index contributed by atoms with van der Waals surface area (Å²) in [4.78, 5) is 22.0. The molecule has 0 N–H and O–H groups in total. The van der Waals surface area contributed by atoms with Gasteiger partial charge in [0.1, 0.15) is 5.56 Å². The Hall–Kier alpha value is -0.0100. The summed E-state index contributed by atoms with van der Waals surface area (Å²) in [7, 11) is 0. The van der Waals surface area contributed by atoms with Crippen molar-refractivity contribution in [1.82, 2.24) is 0 Å². The van der Waals surface area contributed by atoms with E-state index in [0.717, 1.165) is 19.1 Å². The second-order valence-corrected chi connectivity index (χ2v) is 8.37. The van der Waals surface area contributed by atoms with Crippen molar-refractivity contribution in [3.05, 3.63) is 56.2 Å². The molecule has 4 nitrogen and oxygen atoms in total. The number of halogens is 4. The third-order valence-corrected chi connectivity index (χ3v) is 6.52. The third kappa shape index (κ3) is 3.98. The Morgan fingerprint density at radius 3 is 2.39 bits per heavy atom. The molecule has 2 aromatic rings. The lowest BCUT2D eigenvalue weighted by atomic mass is 10.00. The SMILES string of the molecule is CCc1c(I)cc(I)c(-c2ccc(C(=O)Cl)c([N+](=O)[O-])c2)c1I. The molecule has 2 aromatic carbocycles. The summed E-state index contributed by atoms with van der Waals surface area (Å²) in [5.74, 6) is 0. The molecule has 0 aromatic heterocycles. The monoisotopic (exact) mass is 667 g/mol. The molecule has 23 heavy (non-hydrogen) atoms. The molecule has 0 aliphatic rings. The van der Waals surface area contributed by atoms with Crippen molar-refractivity contribution < 1.29 is 9.72 Å². The predicted octanol–water partition coefficient (Wildman–Crippen LogP) is 6.02. The van der Waals surface area contributed by atoms with Crippen LogP contribution in [0.5, 0.6) is 0 Å². The predicted molar refractivity (Wildman–Crippen MR) is 116 cm³/mol. The van der Waals surface area contributed by atoms with Gasteiger partial charge in [0.25, 0.3) is 10.9 Å². The Morgan fingerprint density at radius 2 is 1.87 bits per heavy atom. The number of benzene rings is 2. The Bertz CT molecular complexity index is 824. The number of hydrogen-bond acceptors (Lipinski definition) is 3. The number of nitrogens with zero attached hydrogens (tertiary/aromatic N) is 1. The van der Waals surface area contributed by atoms with E-state index in [2.05, 4.69) is 80.8 Å². The minimum atomic E-state index is -0.829. The normalized spacial score (nSPS) is 10.7. The Kier molecular flexibility index (Phi) is 6.65. The van der Waals surface area contributed by atoms with Crippen LogP contribution in [0.4, 0.5) is 5.69 Å². The molecule has 0 aliphatic carbocycles. The number of hydrogen-bond donors (Lipinski definition) is 0. The van der Waals surface area contributed by atoms with Gasteiger partial charge < -0.3 is 0 Å².